The van der Waals surface area contributed by atoms with Crippen molar-refractivity contribution in [3.63, 3.8) is 0 Å². The number of nitrogens with zero attached hydrogens (tertiary/aromatic N) is 3. The Kier molecular flexibility index (Phi) is 6.16. The SMILES string of the molecule is [2H]C([2H])([2H])C(c1ccc(-n2c(-c3cc(C(C([2H])([2H])[2H])(C([2H])([2H])[2H])C([2H])([2H])[2H])cc(C(C([2H])([2H])[2H])(C([2H])([2H])[2H])C([2H])([2H])[2H])c3O)nc3c(-c4[c-]c(-c5cc(-c6ccc(C)cc6)ccn5)cc(C(C)(C)C)c4)cccc32)c(-c2ccccc2)c1)(C([2H])([2H])[2H])C([2H])([2H])[2H].[Pt]. The molecule has 8 rings (SSSR count). The summed E-state index contributed by atoms with van der Waals surface area (Å²) in [5.41, 5.74) is -13.3. The minimum absolute atomic E-state index is 0. The maximum absolute atomic E-state index is 13.1. The van der Waals surface area contributed by atoms with E-state index in [4.69, 9.17) is 47.0 Å². The Balaban J connectivity index is 0.0000118. The molecule has 0 amide bonds. The Hall–Kier alpha value is -5.57. The Morgan fingerprint density at radius 3 is 1.91 bits per heavy atom. The van der Waals surface area contributed by atoms with Crippen molar-refractivity contribution in [2.75, 3.05) is 0 Å². The number of phenols is 1. The van der Waals surface area contributed by atoms with Crippen molar-refractivity contribution in [3.8, 4) is 67.5 Å². The van der Waals surface area contributed by atoms with Crippen molar-refractivity contribution in [2.24, 2.45) is 0 Å². The first kappa shape index (κ1) is 23.1. The van der Waals surface area contributed by atoms with E-state index in [1.165, 1.54) is 36.4 Å². The molecular formula is C59H62N3OPt-. The molecule has 0 unspecified atom stereocenters. The number of hydrogen-bond acceptors (Lipinski definition) is 3. The topological polar surface area (TPSA) is 50.9 Å². The van der Waals surface area contributed by atoms with Crippen molar-refractivity contribution in [2.45, 2.75) is 111 Å². The predicted molar refractivity (Wildman–Crippen MR) is 266 cm³/mol. The number of benzene rings is 6. The van der Waals surface area contributed by atoms with Crippen molar-refractivity contribution >= 4 is 11.0 Å². The van der Waals surface area contributed by atoms with Crippen molar-refractivity contribution in [1.29, 1.82) is 0 Å². The van der Waals surface area contributed by atoms with Gasteiger partial charge in [-0.05, 0) is 86.7 Å². The summed E-state index contributed by atoms with van der Waals surface area (Å²) < 4.78 is 237. The molecule has 0 atom stereocenters. The van der Waals surface area contributed by atoms with E-state index in [1.807, 2.05) is 70.2 Å². The largest absolute Gasteiger partial charge is 0.507 e. The fraction of sp³-hybridized carbons (Fsp3) is 0.288. The summed E-state index contributed by atoms with van der Waals surface area (Å²) in [5.74, 6) is -2.33. The zero-order chi connectivity index (χ0) is 67.7. The van der Waals surface area contributed by atoms with Gasteiger partial charge in [-0.2, -0.15) is 0 Å². The summed E-state index contributed by atoms with van der Waals surface area (Å²) in [4.78, 5) is 9.77. The fourth-order valence-electron chi connectivity index (χ4n) is 7.65. The first-order valence-electron chi connectivity index (χ1n) is 33.5. The van der Waals surface area contributed by atoms with E-state index >= 15 is 0 Å². The summed E-state index contributed by atoms with van der Waals surface area (Å²) in [6.07, 6.45) is 1.62. The molecule has 4 nitrogen and oxygen atoms in total. The van der Waals surface area contributed by atoms with Crippen LogP contribution in [-0.2, 0) is 42.7 Å². The van der Waals surface area contributed by atoms with E-state index in [0.717, 1.165) is 39.5 Å². The predicted octanol–water partition coefficient (Wildman–Crippen LogP) is 15.8. The van der Waals surface area contributed by atoms with Gasteiger partial charge in [-0.25, -0.2) is 4.98 Å². The maximum Gasteiger partial charge on any atom is 0.148 e. The van der Waals surface area contributed by atoms with Crippen LogP contribution < -0.4 is 0 Å². The number of fused-ring (bicyclic) bond motifs is 1. The smallest absolute Gasteiger partial charge is 0.148 e. The van der Waals surface area contributed by atoms with E-state index in [-0.39, 0.29) is 60.5 Å². The second-order valence-corrected chi connectivity index (χ2v) is 17.0. The summed E-state index contributed by atoms with van der Waals surface area (Å²) >= 11 is 0. The molecule has 330 valence electrons. The van der Waals surface area contributed by atoms with Gasteiger partial charge in [0.1, 0.15) is 11.6 Å². The number of rotatable bonds is 6. The van der Waals surface area contributed by atoms with Crippen LogP contribution in [-0.4, -0.2) is 19.6 Å². The Morgan fingerprint density at radius 2 is 1.22 bits per heavy atom. The molecule has 2 heterocycles. The maximum atomic E-state index is 13.1. The van der Waals surface area contributed by atoms with E-state index in [9.17, 15) is 5.11 Å². The first-order chi connectivity index (χ1) is 40.8. The minimum atomic E-state index is -4.32. The zero-order valence-electron chi connectivity index (χ0n) is 62.3. The molecular weight excluding hydrogens is 962 g/mol. The van der Waals surface area contributed by atoms with Gasteiger partial charge >= 0.3 is 0 Å². The molecule has 5 heteroatoms. The van der Waals surface area contributed by atoms with Crippen LogP contribution in [0.5, 0.6) is 5.75 Å². The van der Waals surface area contributed by atoms with Crippen LogP contribution in [0.1, 0.15) is 147 Å². The van der Waals surface area contributed by atoms with Gasteiger partial charge in [0.2, 0.25) is 0 Å². The number of hydrogen-bond donors (Lipinski definition) is 1. The molecule has 2 aromatic heterocycles. The van der Waals surface area contributed by atoms with Crippen molar-refractivity contribution in [1.82, 2.24) is 14.5 Å². The van der Waals surface area contributed by atoms with Crippen LogP contribution in [0, 0.1) is 13.0 Å². The van der Waals surface area contributed by atoms with E-state index in [0.29, 0.717) is 28.5 Å². The normalized spacial score (nSPS) is 20.4. The number of imidazole rings is 1. The van der Waals surface area contributed by atoms with Crippen LogP contribution in [0.25, 0.3) is 72.7 Å². The van der Waals surface area contributed by atoms with E-state index in [1.54, 1.807) is 24.4 Å². The van der Waals surface area contributed by atoms with Crippen molar-refractivity contribution in [3.05, 3.63) is 167 Å². The number of pyridine rings is 1. The molecule has 0 spiro atoms. The molecule has 6 aromatic carbocycles. The minimum Gasteiger partial charge on any atom is -0.507 e. The number of aryl methyl sites for hydroxylation is 1. The molecule has 0 aliphatic heterocycles. The monoisotopic (exact) mass is 1050 g/mol. The Labute approximate surface area is 434 Å². The van der Waals surface area contributed by atoms with Gasteiger partial charge in [-0.3, -0.25) is 9.55 Å². The van der Waals surface area contributed by atoms with Crippen LogP contribution in [0.3, 0.4) is 0 Å². The third kappa shape index (κ3) is 9.18. The first-order valence-corrected chi connectivity index (χ1v) is 20.0. The second-order valence-electron chi connectivity index (χ2n) is 17.0. The summed E-state index contributed by atoms with van der Waals surface area (Å²) in [5, 5.41) is 13.1. The fourth-order valence-corrected chi connectivity index (χ4v) is 7.65. The Morgan fingerprint density at radius 1 is 0.562 bits per heavy atom. The summed E-state index contributed by atoms with van der Waals surface area (Å²) in [6, 6.07) is 34.4. The van der Waals surface area contributed by atoms with Crippen LogP contribution in [0.2, 0.25) is 0 Å². The van der Waals surface area contributed by atoms with E-state index in [2.05, 4.69) is 6.07 Å². The molecule has 0 aliphatic rings. The third-order valence-corrected chi connectivity index (χ3v) is 11.1. The molecule has 0 aliphatic carbocycles. The quantitative estimate of drug-likeness (QED) is 0.169. The molecule has 0 fully saturated rings. The second kappa shape index (κ2) is 17.1. The average Bonchev–Trinajstić information content (AvgIpc) is 1.13. The van der Waals surface area contributed by atoms with E-state index < -0.39 is 117 Å². The molecule has 0 bridgehead atoms. The van der Waals surface area contributed by atoms with Gasteiger partial charge in [0.05, 0.1) is 22.3 Å². The van der Waals surface area contributed by atoms with Gasteiger partial charge in [-0.1, -0.05) is 184 Å². The van der Waals surface area contributed by atoms with Crippen LogP contribution in [0.15, 0.2) is 134 Å². The van der Waals surface area contributed by atoms with Gasteiger partial charge in [0.25, 0.3) is 0 Å². The van der Waals surface area contributed by atoms with Gasteiger partial charge in [-0.15, -0.1) is 29.3 Å². The third-order valence-electron chi connectivity index (χ3n) is 11.1. The molecule has 64 heavy (non-hydrogen) atoms. The molecule has 8 aromatic rings. The van der Waals surface area contributed by atoms with Gasteiger partial charge < -0.3 is 5.11 Å². The number of para-hydroxylation sites is 1. The molecule has 1 N–H and O–H groups in total. The summed E-state index contributed by atoms with van der Waals surface area (Å²) in [7, 11) is 0. The van der Waals surface area contributed by atoms with Gasteiger partial charge in [0, 0.05) is 81.1 Å². The van der Waals surface area contributed by atoms with Crippen LogP contribution >= 0.6 is 0 Å². The number of phenolic OH excluding ortho intramolecular Hbond substituents is 1. The van der Waals surface area contributed by atoms with Crippen LogP contribution in [0.4, 0.5) is 0 Å². The number of aromatic nitrogens is 3. The average molecular weight is 1050 g/mol. The summed E-state index contributed by atoms with van der Waals surface area (Å²) in [6.45, 7) is -29.1. The van der Waals surface area contributed by atoms with Crippen molar-refractivity contribution < 1.29 is 63.2 Å². The number of aromatic hydroxyl groups is 1. The zero-order valence-corrected chi connectivity index (χ0v) is 37.6. The molecule has 0 radical (unpaired) electrons. The standard InChI is InChI=1S/C59H62N3O.Pt/c1-37-22-24-38(25-23-37)40-28-29-60-50(33-40)42-30-41(31-44(32-42)57(5,6)7)46-20-17-21-52-53(46)61-55(48-35-45(58(8,9)10)36-49(54(48)63)59(11,12)13)62(52)51-27-26-43(56(2,3)4)34-47(51)39-18-15-14-16-19-39;/h14-29,31-36,63H,1-13H3;/q-1;/i2D3,3D3,4D3,8D3,9D3,10D3,11D3,12D3,13D3;. The van der Waals surface area contributed by atoms with Gasteiger partial charge in [0.15, 0.2) is 0 Å². The Bertz CT molecular complexity index is 3900. The molecule has 0 saturated carbocycles. The molecule has 0 saturated heterocycles.